The molecule has 188 valence electrons. The molecule has 0 spiro atoms. The number of aryl methyl sites for hydroxylation is 1. The molecule has 0 amide bonds. The lowest BCUT2D eigenvalue weighted by molar-refractivity contribution is -0.160. The Morgan fingerprint density at radius 3 is 2.78 bits per heavy atom. The number of hydrogen-bond donors (Lipinski definition) is 1. The fraction of sp³-hybridized carbons (Fsp3) is 0.393. The Morgan fingerprint density at radius 2 is 2.08 bits per heavy atom. The van der Waals surface area contributed by atoms with E-state index >= 15 is 0 Å². The molecule has 1 atom stereocenters. The maximum absolute atomic E-state index is 12.7. The van der Waals surface area contributed by atoms with Crippen molar-refractivity contribution < 1.29 is 19.4 Å². The van der Waals surface area contributed by atoms with Gasteiger partial charge in [0.25, 0.3) is 0 Å². The van der Waals surface area contributed by atoms with E-state index in [2.05, 4.69) is 11.8 Å². The average Bonchev–Trinajstić information content (AvgIpc) is 3.25. The van der Waals surface area contributed by atoms with Crippen molar-refractivity contribution in [2.75, 3.05) is 25.1 Å². The number of thiazole rings is 1. The number of aromatic nitrogens is 2. The predicted molar refractivity (Wildman–Crippen MR) is 144 cm³/mol. The molecule has 7 nitrogen and oxygen atoms in total. The highest BCUT2D eigenvalue weighted by atomic mass is 32.1. The van der Waals surface area contributed by atoms with Gasteiger partial charge in [0, 0.05) is 48.3 Å². The number of nitrogens with zero attached hydrogens (tertiary/aromatic N) is 3. The van der Waals surface area contributed by atoms with Crippen LogP contribution in [-0.2, 0) is 16.0 Å². The summed E-state index contributed by atoms with van der Waals surface area (Å²) in [5, 5.41) is 12.2. The molecule has 5 rings (SSSR count). The lowest BCUT2D eigenvalue weighted by Crippen LogP contribution is -2.28. The minimum Gasteiger partial charge on any atom is -0.493 e. The maximum Gasteiger partial charge on any atom is 0.337 e. The van der Waals surface area contributed by atoms with Gasteiger partial charge in [0.15, 0.2) is 11.2 Å². The first-order valence-corrected chi connectivity index (χ1v) is 13.0. The van der Waals surface area contributed by atoms with Crippen LogP contribution < -0.4 is 9.64 Å². The normalized spacial score (nSPS) is 14.2. The molecule has 0 radical (unpaired) electrons. The van der Waals surface area contributed by atoms with Crippen molar-refractivity contribution in [1.82, 2.24) is 9.97 Å². The van der Waals surface area contributed by atoms with Gasteiger partial charge in [0.05, 0.1) is 27.9 Å². The van der Waals surface area contributed by atoms with Crippen molar-refractivity contribution in [3.05, 3.63) is 47.2 Å². The third-order valence-corrected chi connectivity index (χ3v) is 7.72. The zero-order valence-electron chi connectivity index (χ0n) is 21.5. The van der Waals surface area contributed by atoms with Gasteiger partial charge in [-0.25, -0.2) is 9.78 Å². The van der Waals surface area contributed by atoms with E-state index in [1.807, 2.05) is 65.2 Å². The Kier molecular flexibility index (Phi) is 6.12. The summed E-state index contributed by atoms with van der Waals surface area (Å²) in [5.74, 6) is -0.215. The molecule has 1 aliphatic heterocycles. The summed E-state index contributed by atoms with van der Waals surface area (Å²) >= 11 is 1.57. The molecule has 1 aliphatic rings. The summed E-state index contributed by atoms with van der Waals surface area (Å²) in [6.07, 6.45) is 1.48. The van der Waals surface area contributed by atoms with Gasteiger partial charge in [-0.15, -0.1) is 0 Å². The van der Waals surface area contributed by atoms with Crippen LogP contribution >= 0.6 is 11.3 Å². The molecule has 1 N–H and O–H groups in total. The number of pyridine rings is 1. The van der Waals surface area contributed by atoms with E-state index in [0.717, 1.165) is 61.7 Å². The number of carboxylic acids is 1. The van der Waals surface area contributed by atoms with Crippen LogP contribution in [0.25, 0.3) is 32.2 Å². The quantitative estimate of drug-likeness (QED) is 0.336. The fourth-order valence-electron chi connectivity index (χ4n) is 4.79. The van der Waals surface area contributed by atoms with E-state index in [1.165, 1.54) is 5.56 Å². The minimum atomic E-state index is -1.15. The highest BCUT2D eigenvalue weighted by Crippen LogP contribution is 2.47. The third-order valence-electron chi connectivity index (χ3n) is 6.51. The molecular weight excluding hydrogens is 474 g/mol. The minimum absolute atomic E-state index is 0.632. The van der Waals surface area contributed by atoms with Gasteiger partial charge in [-0.3, -0.25) is 4.98 Å². The molecule has 0 aliphatic carbocycles. The molecule has 0 bridgehead atoms. The van der Waals surface area contributed by atoms with Crippen molar-refractivity contribution in [3.63, 3.8) is 0 Å². The van der Waals surface area contributed by atoms with Crippen LogP contribution in [0.15, 0.2) is 30.5 Å². The Morgan fingerprint density at radius 1 is 1.31 bits per heavy atom. The van der Waals surface area contributed by atoms with Crippen molar-refractivity contribution in [2.24, 2.45) is 0 Å². The van der Waals surface area contributed by atoms with E-state index in [-0.39, 0.29) is 0 Å². The monoisotopic (exact) mass is 505 g/mol. The summed E-state index contributed by atoms with van der Waals surface area (Å²) in [6, 6.07) is 7.98. The lowest BCUT2D eigenvalue weighted by atomic mass is 9.89. The molecule has 1 unspecified atom stereocenters. The summed E-state index contributed by atoms with van der Waals surface area (Å²) in [5.41, 5.74) is 5.30. The van der Waals surface area contributed by atoms with Crippen LogP contribution in [0.5, 0.6) is 5.75 Å². The number of ether oxygens (including phenoxy) is 2. The number of aliphatic carboxylic acids is 1. The molecule has 0 fully saturated rings. The van der Waals surface area contributed by atoms with Crippen LogP contribution in [0.1, 0.15) is 50.5 Å². The second-order valence-corrected chi connectivity index (χ2v) is 11.2. The topological polar surface area (TPSA) is 84.8 Å². The molecule has 8 heteroatoms. The molecular formula is C28H31N3O4S. The van der Waals surface area contributed by atoms with Crippen molar-refractivity contribution in [2.45, 2.75) is 52.7 Å². The van der Waals surface area contributed by atoms with Crippen molar-refractivity contribution >= 4 is 43.6 Å². The summed E-state index contributed by atoms with van der Waals surface area (Å²) < 4.78 is 13.1. The van der Waals surface area contributed by atoms with E-state index in [9.17, 15) is 9.90 Å². The van der Waals surface area contributed by atoms with Gasteiger partial charge in [-0.05, 0) is 70.0 Å². The van der Waals surface area contributed by atoms with E-state index in [4.69, 9.17) is 19.4 Å². The molecule has 4 aromatic rings. The number of rotatable bonds is 6. The van der Waals surface area contributed by atoms with E-state index in [0.29, 0.717) is 12.2 Å². The highest BCUT2D eigenvalue weighted by Gasteiger charge is 2.33. The standard InChI is InChI=1S/C28H31N3O4S/c1-7-31(6)27-30-18-14-15(2)20(24(26(32)33)35-28(3,4)5)22(25(18)36-27)17-8-9-19-21-16(11-13-34-19)10-12-29-23(17)21/h8-10,12,14,24H,7,11,13H2,1-6H3,(H,32,33). The number of anilines is 1. The van der Waals surface area contributed by atoms with Gasteiger partial charge in [-0.2, -0.15) is 0 Å². The number of benzene rings is 2. The molecule has 2 aromatic carbocycles. The molecule has 3 heterocycles. The fourth-order valence-corrected chi connectivity index (χ4v) is 5.94. The predicted octanol–water partition coefficient (Wildman–Crippen LogP) is 6.15. The van der Waals surface area contributed by atoms with Gasteiger partial charge < -0.3 is 19.5 Å². The largest absolute Gasteiger partial charge is 0.493 e. The first-order valence-electron chi connectivity index (χ1n) is 12.2. The zero-order valence-corrected chi connectivity index (χ0v) is 22.3. The summed E-state index contributed by atoms with van der Waals surface area (Å²) in [7, 11) is 2.01. The van der Waals surface area contributed by atoms with Crippen LogP contribution in [0.2, 0.25) is 0 Å². The van der Waals surface area contributed by atoms with Crippen LogP contribution in [0.4, 0.5) is 5.13 Å². The van der Waals surface area contributed by atoms with Crippen LogP contribution in [-0.4, -0.2) is 46.8 Å². The van der Waals surface area contributed by atoms with Gasteiger partial charge in [0.1, 0.15) is 5.75 Å². The summed E-state index contributed by atoms with van der Waals surface area (Å²) in [6.45, 7) is 11.1. The Bertz CT molecular complexity index is 1480. The maximum atomic E-state index is 12.7. The smallest absolute Gasteiger partial charge is 0.337 e. The van der Waals surface area contributed by atoms with Crippen molar-refractivity contribution in [3.8, 4) is 16.9 Å². The SMILES string of the molecule is CCN(C)c1nc2cc(C)c(C(OC(C)(C)C)C(=O)O)c(-c3ccc4c5c(ccnc35)CCO4)c2s1. The third kappa shape index (κ3) is 4.18. The zero-order chi connectivity index (χ0) is 25.8. The number of fused-ring (bicyclic) bond motifs is 1. The van der Waals surface area contributed by atoms with Crippen LogP contribution in [0, 0.1) is 6.92 Å². The Balaban J connectivity index is 1.90. The Hall–Kier alpha value is -3.23. The van der Waals surface area contributed by atoms with Crippen molar-refractivity contribution in [1.29, 1.82) is 0 Å². The van der Waals surface area contributed by atoms with Gasteiger partial charge >= 0.3 is 5.97 Å². The highest BCUT2D eigenvalue weighted by molar-refractivity contribution is 7.22. The number of carboxylic acid groups (broad SMARTS) is 1. The van der Waals surface area contributed by atoms with Crippen LogP contribution in [0.3, 0.4) is 0 Å². The van der Waals surface area contributed by atoms with E-state index in [1.54, 1.807) is 11.3 Å². The lowest BCUT2D eigenvalue weighted by Gasteiger charge is -2.28. The molecule has 0 saturated heterocycles. The molecule has 36 heavy (non-hydrogen) atoms. The summed E-state index contributed by atoms with van der Waals surface area (Å²) in [4.78, 5) is 24.4. The number of hydrogen-bond acceptors (Lipinski definition) is 7. The van der Waals surface area contributed by atoms with Gasteiger partial charge in [-0.1, -0.05) is 11.3 Å². The second kappa shape index (κ2) is 9.01. The average molecular weight is 506 g/mol. The molecule has 0 saturated carbocycles. The van der Waals surface area contributed by atoms with E-state index < -0.39 is 17.7 Å². The molecule has 2 aromatic heterocycles. The first kappa shape index (κ1) is 24.5. The first-order chi connectivity index (χ1) is 17.1. The van der Waals surface area contributed by atoms with Gasteiger partial charge in [0.2, 0.25) is 0 Å². The second-order valence-electron chi connectivity index (χ2n) is 10.2. The number of carbonyl (C=O) groups is 1. The Labute approximate surface area is 214 Å².